The minimum absolute atomic E-state index is 0.0395. The Morgan fingerprint density at radius 2 is 2.17 bits per heavy atom. The lowest BCUT2D eigenvalue weighted by atomic mass is 9.97. The van der Waals surface area contributed by atoms with Gasteiger partial charge in [0.2, 0.25) is 17.6 Å². The summed E-state index contributed by atoms with van der Waals surface area (Å²) in [6.45, 7) is 6.26. The molecular formula is C18H24N4O2. The lowest BCUT2D eigenvalue weighted by Crippen LogP contribution is -2.44. The largest absolute Gasteiger partial charge is 0.354 e. The van der Waals surface area contributed by atoms with Crippen LogP contribution >= 0.6 is 0 Å². The Hall–Kier alpha value is -2.21. The molecule has 0 aliphatic carbocycles. The summed E-state index contributed by atoms with van der Waals surface area (Å²) in [5.41, 5.74) is 0.945. The van der Waals surface area contributed by atoms with E-state index < -0.39 is 0 Å². The third-order valence-corrected chi connectivity index (χ3v) is 4.17. The van der Waals surface area contributed by atoms with Crippen molar-refractivity contribution in [3.8, 4) is 11.4 Å². The number of nitrogens with zero attached hydrogens (tertiary/aromatic N) is 3. The maximum absolute atomic E-state index is 12.2. The molecule has 6 heteroatoms. The number of piperidine rings is 1. The molecule has 3 rings (SSSR count). The van der Waals surface area contributed by atoms with Gasteiger partial charge in [0.25, 0.3) is 0 Å². The molecule has 1 fully saturated rings. The number of likely N-dealkylation sites (tertiary alicyclic amines) is 1. The van der Waals surface area contributed by atoms with Gasteiger partial charge in [0.1, 0.15) is 0 Å². The highest BCUT2D eigenvalue weighted by molar-refractivity contribution is 5.79. The summed E-state index contributed by atoms with van der Waals surface area (Å²) < 4.78 is 5.38. The first-order valence-corrected chi connectivity index (χ1v) is 8.52. The lowest BCUT2D eigenvalue weighted by Gasteiger charge is -2.31. The molecule has 0 saturated carbocycles. The topological polar surface area (TPSA) is 71.3 Å². The standard InChI is InChI=1S/C18H24N4O2/c1-13(2)19-18(23)15-9-6-10-22(11-15)12-16-20-17(21-24-16)14-7-4-3-5-8-14/h3-5,7-8,13,15H,6,9-12H2,1-2H3,(H,19,23). The molecular weight excluding hydrogens is 304 g/mol. The van der Waals surface area contributed by atoms with E-state index in [1.807, 2.05) is 44.2 Å². The maximum Gasteiger partial charge on any atom is 0.241 e. The van der Waals surface area contributed by atoms with E-state index in [0.717, 1.165) is 31.5 Å². The van der Waals surface area contributed by atoms with E-state index in [0.29, 0.717) is 18.3 Å². The molecule has 1 saturated heterocycles. The Labute approximate surface area is 142 Å². The number of hydrogen-bond donors (Lipinski definition) is 1. The molecule has 0 spiro atoms. The summed E-state index contributed by atoms with van der Waals surface area (Å²) in [6.07, 6.45) is 1.95. The summed E-state index contributed by atoms with van der Waals surface area (Å²) in [4.78, 5) is 18.9. The van der Waals surface area contributed by atoms with E-state index in [1.165, 1.54) is 0 Å². The van der Waals surface area contributed by atoms with Crippen LogP contribution in [0.5, 0.6) is 0 Å². The normalized spacial score (nSPS) is 18.7. The van der Waals surface area contributed by atoms with Gasteiger partial charge in [-0.25, -0.2) is 0 Å². The Morgan fingerprint density at radius 3 is 2.92 bits per heavy atom. The van der Waals surface area contributed by atoms with Gasteiger partial charge in [-0.3, -0.25) is 9.69 Å². The SMILES string of the molecule is CC(C)NC(=O)C1CCCN(Cc2nc(-c3ccccc3)no2)C1. The van der Waals surface area contributed by atoms with Gasteiger partial charge in [0.05, 0.1) is 12.5 Å². The fourth-order valence-corrected chi connectivity index (χ4v) is 3.03. The third-order valence-electron chi connectivity index (χ3n) is 4.17. The van der Waals surface area contributed by atoms with Crippen LogP contribution in [0.2, 0.25) is 0 Å². The summed E-state index contributed by atoms with van der Waals surface area (Å²) in [6, 6.07) is 9.96. The van der Waals surface area contributed by atoms with Gasteiger partial charge in [-0.05, 0) is 33.2 Å². The van der Waals surface area contributed by atoms with Crippen LogP contribution in [0.4, 0.5) is 0 Å². The fraction of sp³-hybridized carbons (Fsp3) is 0.500. The molecule has 2 heterocycles. The minimum atomic E-state index is 0.0395. The summed E-state index contributed by atoms with van der Waals surface area (Å²) in [5, 5.41) is 7.06. The van der Waals surface area contributed by atoms with E-state index in [9.17, 15) is 4.79 Å². The number of nitrogens with one attached hydrogen (secondary N) is 1. The molecule has 128 valence electrons. The Kier molecular flexibility index (Phi) is 5.25. The first-order valence-electron chi connectivity index (χ1n) is 8.52. The molecule has 24 heavy (non-hydrogen) atoms. The monoisotopic (exact) mass is 328 g/mol. The maximum atomic E-state index is 12.2. The van der Waals surface area contributed by atoms with Gasteiger partial charge in [-0.15, -0.1) is 0 Å². The number of carbonyl (C=O) groups is 1. The van der Waals surface area contributed by atoms with Crippen LogP contribution in [0.15, 0.2) is 34.9 Å². The van der Waals surface area contributed by atoms with Crippen LogP contribution in [-0.2, 0) is 11.3 Å². The molecule has 6 nitrogen and oxygen atoms in total. The molecule has 1 aliphatic heterocycles. The van der Waals surface area contributed by atoms with Gasteiger partial charge in [0.15, 0.2) is 0 Å². The van der Waals surface area contributed by atoms with E-state index in [2.05, 4.69) is 20.4 Å². The lowest BCUT2D eigenvalue weighted by molar-refractivity contribution is -0.127. The number of rotatable bonds is 5. The van der Waals surface area contributed by atoms with Gasteiger partial charge in [-0.1, -0.05) is 35.5 Å². The summed E-state index contributed by atoms with van der Waals surface area (Å²) in [5.74, 6) is 1.39. The average Bonchev–Trinajstić information content (AvgIpc) is 3.04. The highest BCUT2D eigenvalue weighted by Gasteiger charge is 2.27. The Balaban J connectivity index is 1.60. The number of carbonyl (C=O) groups excluding carboxylic acids is 1. The number of amides is 1. The van der Waals surface area contributed by atoms with Crippen molar-refractivity contribution in [1.82, 2.24) is 20.4 Å². The zero-order valence-corrected chi connectivity index (χ0v) is 14.2. The predicted molar refractivity (Wildman–Crippen MR) is 91.0 cm³/mol. The Morgan fingerprint density at radius 1 is 1.38 bits per heavy atom. The van der Waals surface area contributed by atoms with Crippen LogP contribution in [0.1, 0.15) is 32.6 Å². The van der Waals surface area contributed by atoms with Crippen LogP contribution < -0.4 is 5.32 Å². The van der Waals surface area contributed by atoms with E-state index in [1.54, 1.807) is 0 Å². The van der Waals surface area contributed by atoms with Crippen molar-refractivity contribution in [2.75, 3.05) is 13.1 Å². The molecule has 0 bridgehead atoms. The molecule has 1 aromatic heterocycles. The van der Waals surface area contributed by atoms with Gasteiger partial charge in [-0.2, -0.15) is 4.98 Å². The van der Waals surface area contributed by atoms with E-state index in [4.69, 9.17) is 4.52 Å². The van der Waals surface area contributed by atoms with E-state index >= 15 is 0 Å². The van der Waals surface area contributed by atoms with Crippen molar-refractivity contribution in [2.24, 2.45) is 5.92 Å². The van der Waals surface area contributed by atoms with Crippen molar-refractivity contribution in [2.45, 2.75) is 39.3 Å². The molecule has 1 N–H and O–H groups in total. The van der Waals surface area contributed by atoms with Crippen molar-refractivity contribution in [3.05, 3.63) is 36.2 Å². The second-order valence-corrected chi connectivity index (χ2v) is 6.62. The number of aromatic nitrogens is 2. The summed E-state index contributed by atoms with van der Waals surface area (Å²) >= 11 is 0. The van der Waals surface area contributed by atoms with E-state index in [-0.39, 0.29) is 17.9 Å². The second kappa shape index (κ2) is 7.57. The first-order chi connectivity index (χ1) is 11.6. The minimum Gasteiger partial charge on any atom is -0.354 e. The highest BCUT2D eigenvalue weighted by atomic mass is 16.5. The Bertz CT molecular complexity index is 669. The number of hydrogen-bond acceptors (Lipinski definition) is 5. The second-order valence-electron chi connectivity index (χ2n) is 6.62. The fourth-order valence-electron chi connectivity index (χ4n) is 3.03. The summed E-state index contributed by atoms with van der Waals surface area (Å²) in [7, 11) is 0. The third kappa shape index (κ3) is 4.20. The van der Waals surface area contributed by atoms with Gasteiger partial charge in [0, 0.05) is 18.2 Å². The molecule has 0 radical (unpaired) electrons. The van der Waals surface area contributed by atoms with Crippen LogP contribution in [0.25, 0.3) is 11.4 Å². The first kappa shape index (κ1) is 16.6. The molecule has 1 aliphatic rings. The predicted octanol–water partition coefficient (Wildman–Crippen LogP) is 2.47. The number of benzene rings is 1. The zero-order chi connectivity index (χ0) is 16.9. The molecule has 2 aromatic rings. The highest BCUT2D eigenvalue weighted by Crippen LogP contribution is 2.20. The van der Waals surface area contributed by atoms with Gasteiger partial charge < -0.3 is 9.84 Å². The van der Waals surface area contributed by atoms with Crippen LogP contribution in [0, 0.1) is 5.92 Å². The van der Waals surface area contributed by atoms with Gasteiger partial charge >= 0.3 is 0 Å². The molecule has 1 unspecified atom stereocenters. The molecule has 1 amide bonds. The average molecular weight is 328 g/mol. The van der Waals surface area contributed by atoms with Crippen molar-refractivity contribution in [1.29, 1.82) is 0 Å². The van der Waals surface area contributed by atoms with Crippen LogP contribution in [0.3, 0.4) is 0 Å². The van der Waals surface area contributed by atoms with Crippen molar-refractivity contribution in [3.63, 3.8) is 0 Å². The van der Waals surface area contributed by atoms with Crippen molar-refractivity contribution >= 4 is 5.91 Å². The quantitative estimate of drug-likeness (QED) is 0.913. The molecule has 1 atom stereocenters. The van der Waals surface area contributed by atoms with Crippen molar-refractivity contribution < 1.29 is 9.32 Å². The zero-order valence-electron chi connectivity index (χ0n) is 14.2. The molecule has 1 aromatic carbocycles. The smallest absolute Gasteiger partial charge is 0.241 e. The van der Waals surface area contributed by atoms with Crippen LogP contribution in [-0.4, -0.2) is 40.1 Å².